The molecule has 3 atom stereocenters. The van der Waals surface area contributed by atoms with E-state index in [1.54, 1.807) is 0 Å². The molecule has 3 aromatic rings. The van der Waals surface area contributed by atoms with Crippen molar-refractivity contribution in [3.05, 3.63) is 99.0 Å². The van der Waals surface area contributed by atoms with Crippen molar-refractivity contribution < 1.29 is 9.53 Å². The normalized spacial score (nSPS) is 23.4. The summed E-state index contributed by atoms with van der Waals surface area (Å²) in [5.41, 5.74) is 1.85. The number of likely N-dealkylation sites (tertiary alicyclic amines) is 1. The van der Waals surface area contributed by atoms with Gasteiger partial charge in [-0.25, -0.2) is 4.79 Å². The highest BCUT2D eigenvalue weighted by Crippen LogP contribution is 2.54. The molecule has 0 bridgehead atoms. The maximum Gasteiger partial charge on any atom is 0.326 e. The molecule has 0 radical (unpaired) electrons. The van der Waals surface area contributed by atoms with Crippen LogP contribution in [0.4, 0.5) is 4.79 Å². The molecule has 2 heterocycles. The number of aliphatic imine (C=N–C) groups is 1. The Morgan fingerprint density at radius 1 is 1.00 bits per heavy atom. The zero-order valence-electron chi connectivity index (χ0n) is 29.4. The predicted octanol–water partition coefficient (Wildman–Crippen LogP) is 9.51. The first-order chi connectivity index (χ1) is 22.1. The van der Waals surface area contributed by atoms with Crippen molar-refractivity contribution in [3.8, 4) is 5.75 Å². The Morgan fingerprint density at radius 3 is 2.11 bits per heavy atom. The Bertz CT molecular complexity index is 1620. The van der Waals surface area contributed by atoms with Crippen LogP contribution in [0.3, 0.4) is 0 Å². The lowest BCUT2D eigenvalue weighted by Crippen LogP contribution is -2.59. The highest BCUT2D eigenvalue weighted by Gasteiger charge is 2.60. The second kappa shape index (κ2) is 13.4. The fraction of sp³-hybridized carbons (Fsp3) is 0.487. The van der Waals surface area contributed by atoms with E-state index in [4.69, 9.17) is 32.9 Å². The Morgan fingerprint density at radius 2 is 1.60 bits per heavy atom. The molecule has 1 fully saturated rings. The third-order valence-electron chi connectivity index (χ3n) is 10.1. The van der Waals surface area contributed by atoms with Crippen LogP contribution >= 0.6 is 23.2 Å². The van der Waals surface area contributed by atoms with Crippen molar-refractivity contribution in [3.63, 3.8) is 0 Å². The quantitative estimate of drug-likeness (QED) is 0.239. The van der Waals surface area contributed by atoms with E-state index in [2.05, 4.69) is 71.7 Å². The summed E-state index contributed by atoms with van der Waals surface area (Å²) in [5, 5.41) is 1.27. The van der Waals surface area contributed by atoms with Crippen LogP contribution in [-0.4, -0.2) is 65.4 Å². The summed E-state index contributed by atoms with van der Waals surface area (Å²) >= 11 is 12.8. The van der Waals surface area contributed by atoms with Gasteiger partial charge in [0.05, 0.1) is 11.7 Å². The van der Waals surface area contributed by atoms with E-state index in [0.717, 1.165) is 41.6 Å². The van der Waals surface area contributed by atoms with Crippen molar-refractivity contribution in [2.24, 2.45) is 4.99 Å². The molecule has 0 spiro atoms. The van der Waals surface area contributed by atoms with Crippen molar-refractivity contribution in [1.82, 2.24) is 14.7 Å². The smallest absolute Gasteiger partial charge is 0.326 e. The van der Waals surface area contributed by atoms with E-state index in [1.807, 2.05) is 72.2 Å². The molecule has 8 heteroatoms. The number of amides is 2. The summed E-state index contributed by atoms with van der Waals surface area (Å²) in [5.74, 6) is 1.29. The first kappa shape index (κ1) is 35.3. The van der Waals surface area contributed by atoms with Crippen molar-refractivity contribution >= 4 is 35.1 Å². The molecular weight excluding hydrogens is 627 g/mol. The topological polar surface area (TPSA) is 48.4 Å². The van der Waals surface area contributed by atoms with Crippen LogP contribution in [0.25, 0.3) is 0 Å². The largest absolute Gasteiger partial charge is 0.490 e. The first-order valence-electron chi connectivity index (χ1n) is 16.8. The van der Waals surface area contributed by atoms with Gasteiger partial charge in [-0.2, -0.15) is 0 Å². The van der Waals surface area contributed by atoms with Gasteiger partial charge in [0.25, 0.3) is 0 Å². The van der Waals surface area contributed by atoms with Crippen LogP contribution in [0.5, 0.6) is 5.75 Å². The number of rotatable bonds is 8. The minimum absolute atomic E-state index is 0.0783. The van der Waals surface area contributed by atoms with Crippen molar-refractivity contribution in [2.75, 3.05) is 26.7 Å². The highest BCUT2D eigenvalue weighted by atomic mass is 35.5. The molecule has 2 aliphatic heterocycles. The van der Waals surface area contributed by atoms with E-state index in [1.165, 1.54) is 0 Å². The standard InChI is InChI=1S/C39H50Cl2N4O2/c1-10-44(25-32-12-11-23-43(32)9)36(46)45-35(33-22-17-29(37(4,5)6)24-34(33)47-26(2)3)42-38(7,27-13-18-30(40)19-14-27)39(45,8)28-15-20-31(41)21-16-28/h13-22,24,26,32H,10-12,23,25H2,1-9H3/t32?,38-,39+/m0/s1. The molecule has 1 unspecified atom stereocenters. The molecule has 2 amide bonds. The van der Waals surface area contributed by atoms with Gasteiger partial charge in [0, 0.05) is 29.2 Å². The fourth-order valence-electron chi connectivity index (χ4n) is 7.04. The molecule has 0 saturated carbocycles. The molecule has 5 rings (SSSR count). The lowest BCUT2D eigenvalue weighted by molar-refractivity contribution is 0.102. The van der Waals surface area contributed by atoms with Crippen molar-refractivity contribution in [1.29, 1.82) is 0 Å². The number of amidine groups is 1. The van der Waals surface area contributed by atoms with Crippen LogP contribution in [0.15, 0.2) is 71.7 Å². The predicted molar refractivity (Wildman–Crippen MR) is 195 cm³/mol. The average molecular weight is 678 g/mol. The summed E-state index contributed by atoms with van der Waals surface area (Å²) in [4.78, 5) is 27.2. The fourth-order valence-corrected chi connectivity index (χ4v) is 7.29. The number of halogens is 2. The molecule has 252 valence electrons. The Balaban J connectivity index is 1.79. The molecule has 6 nitrogen and oxygen atoms in total. The summed E-state index contributed by atoms with van der Waals surface area (Å²) in [6.07, 6.45) is 2.13. The first-order valence-corrected chi connectivity index (χ1v) is 17.6. The number of urea groups is 1. The highest BCUT2D eigenvalue weighted by molar-refractivity contribution is 6.30. The van der Waals surface area contributed by atoms with Crippen LogP contribution in [0.2, 0.25) is 10.0 Å². The lowest BCUT2D eigenvalue weighted by Gasteiger charge is -2.47. The minimum Gasteiger partial charge on any atom is -0.490 e. The third-order valence-corrected chi connectivity index (χ3v) is 10.7. The van der Waals surface area contributed by atoms with Gasteiger partial charge in [-0.05, 0) is 120 Å². The molecular formula is C39H50Cl2N4O2. The van der Waals surface area contributed by atoms with Crippen molar-refractivity contribution in [2.45, 2.75) is 96.9 Å². The van der Waals surface area contributed by atoms with E-state index in [0.29, 0.717) is 40.8 Å². The second-order valence-electron chi connectivity index (χ2n) is 14.7. The van der Waals surface area contributed by atoms with Gasteiger partial charge in [0.2, 0.25) is 0 Å². The maximum absolute atomic E-state index is 15.3. The minimum atomic E-state index is -0.954. The molecule has 47 heavy (non-hydrogen) atoms. The number of ether oxygens (including phenoxy) is 1. The van der Waals surface area contributed by atoms with Gasteiger partial charge in [0.15, 0.2) is 0 Å². The summed E-state index contributed by atoms with van der Waals surface area (Å²) < 4.78 is 6.54. The van der Waals surface area contributed by atoms with Gasteiger partial charge in [-0.1, -0.05) is 74.3 Å². The van der Waals surface area contributed by atoms with Gasteiger partial charge in [-0.3, -0.25) is 9.89 Å². The Labute approximate surface area is 291 Å². The van der Waals surface area contributed by atoms with E-state index < -0.39 is 11.1 Å². The molecule has 1 saturated heterocycles. The van der Waals surface area contributed by atoms with Crippen LogP contribution in [0.1, 0.15) is 90.5 Å². The number of nitrogens with zero attached hydrogens (tertiary/aromatic N) is 4. The third kappa shape index (κ3) is 6.66. The summed E-state index contributed by atoms with van der Waals surface area (Å²) in [7, 11) is 2.15. The molecule has 2 aliphatic rings. The van der Waals surface area contributed by atoms with E-state index >= 15 is 4.79 Å². The molecule has 3 aromatic carbocycles. The zero-order chi connectivity index (χ0) is 34.3. The molecule has 0 N–H and O–H groups in total. The number of likely N-dealkylation sites (N-methyl/N-ethyl adjacent to an activating group) is 2. The number of hydrogen-bond donors (Lipinski definition) is 0. The molecule has 0 aliphatic carbocycles. The van der Waals surface area contributed by atoms with Crippen LogP contribution in [0, 0.1) is 0 Å². The Kier molecular flexibility index (Phi) is 10.1. The van der Waals surface area contributed by atoms with Gasteiger partial charge in [-0.15, -0.1) is 0 Å². The maximum atomic E-state index is 15.3. The van der Waals surface area contributed by atoms with E-state index in [9.17, 15) is 0 Å². The monoisotopic (exact) mass is 676 g/mol. The zero-order valence-corrected chi connectivity index (χ0v) is 30.9. The number of hydrogen-bond acceptors (Lipinski definition) is 4. The Hall–Kier alpha value is -3.06. The number of carbonyl (C=O) groups is 1. The van der Waals surface area contributed by atoms with Gasteiger partial charge in [0.1, 0.15) is 22.7 Å². The second-order valence-corrected chi connectivity index (χ2v) is 15.5. The number of benzene rings is 3. The summed E-state index contributed by atoms with van der Waals surface area (Å²) in [6.45, 7) is 19.2. The van der Waals surface area contributed by atoms with E-state index in [-0.39, 0.29) is 17.6 Å². The number of carbonyl (C=O) groups excluding carboxylic acids is 1. The lowest BCUT2D eigenvalue weighted by atomic mass is 9.71. The van der Waals surface area contributed by atoms with Gasteiger partial charge < -0.3 is 14.5 Å². The van der Waals surface area contributed by atoms with Gasteiger partial charge >= 0.3 is 6.03 Å². The van der Waals surface area contributed by atoms with Crippen LogP contribution < -0.4 is 4.74 Å². The average Bonchev–Trinajstić information content (AvgIpc) is 3.53. The summed E-state index contributed by atoms with van der Waals surface area (Å²) in [6, 6.07) is 22.2. The SMILES string of the molecule is CCN(CC1CCCN1C)C(=O)N1C(c2ccc(C(C)(C)C)cc2OC(C)C)=N[C@@](C)(c2ccc(Cl)cc2)[C@@]1(C)c1ccc(Cl)cc1. The van der Waals surface area contributed by atoms with Crippen LogP contribution in [-0.2, 0) is 16.5 Å². The molecule has 0 aromatic heterocycles.